The van der Waals surface area contributed by atoms with Crippen molar-refractivity contribution in [2.75, 3.05) is 23.7 Å². The summed E-state index contributed by atoms with van der Waals surface area (Å²) in [4.78, 5) is 25.7. The number of nitrogen functional groups attached to an aromatic ring is 1. The Morgan fingerprint density at radius 3 is 2.47 bits per heavy atom. The molecule has 1 aromatic heterocycles. The van der Waals surface area contributed by atoms with Gasteiger partial charge in [-0.2, -0.15) is 0 Å². The number of nitrogens with two attached hydrogens (primary N) is 1. The molecule has 0 aliphatic carbocycles. The van der Waals surface area contributed by atoms with Gasteiger partial charge in [-0.1, -0.05) is 32.9 Å². The molecule has 1 fully saturated rings. The van der Waals surface area contributed by atoms with Crippen molar-refractivity contribution in [1.29, 1.82) is 0 Å². The number of hydrogen-bond acceptors (Lipinski definition) is 8. The predicted molar refractivity (Wildman–Crippen MR) is 119 cm³/mol. The molecule has 10 nitrogen and oxygen atoms in total. The second kappa shape index (κ2) is 9.29. The number of phenolic OH excluding ortho intramolecular Hbond substituents is 1. The van der Waals surface area contributed by atoms with Crippen molar-refractivity contribution in [2.24, 2.45) is 5.41 Å². The molecule has 1 atom stereocenters. The summed E-state index contributed by atoms with van der Waals surface area (Å²) < 4.78 is 5.46. The molecule has 0 saturated carbocycles. The zero-order valence-electron chi connectivity index (χ0n) is 18.4. The van der Waals surface area contributed by atoms with E-state index in [0.29, 0.717) is 42.9 Å². The number of carbonyl (C=O) groups is 2. The molecule has 1 amide bonds. The van der Waals surface area contributed by atoms with Gasteiger partial charge in [-0.3, -0.25) is 0 Å². The van der Waals surface area contributed by atoms with Gasteiger partial charge in [0, 0.05) is 31.5 Å². The minimum absolute atomic E-state index is 0.102. The molecule has 1 saturated heterocycles. The first-order valence-corrected chi connectivity index (χ1v) is 10.4. The summed E-state index contributed by atoms with van der Waals surface area (Å²) in [5.74, 6) is -0.730. The van der Waals surface area contributed by atoms with Crippen LogP contribution in [0.2, 0.25) is 0 Å². The lowest BCUT2D eigenvalue weighted by atomic mass is 9.87. The molecule has 0 radical (unpaired) electrons. The van der Waals surface area contributed by atoms with Crippen molar-refractivity contribution in [2.45, 2.75) is 45.8 Å². The number of ether oxygens (including phenoxy) is 1. The van der Waals surface area contributed by atoms with Crippen molar-refractivity contribution in [3.05, 3.63) is 30.3 Å². The van der Waals surface area contributed by atoms with Crippen LogP contribution in [-0.4, -0.2) is 57.7 Å². The maximum absolute atomic E-state index is 12.2. The average Bonchev–Trinajstić information content (AvgIpc) is 2.72. The van der Waals surface area contributed by atoms with Crippen LogP contribution >= 0.6 is 0 Å². The van der Waals surface area contributed by atoms with E-state index < -0.39 is 23.5 Å². The van der Waals surface area contributed by atoms with Gasteiger partial charge in [0.25, 0.3) is 0 Å². The quantitative estimate of drug-likeness (QED) is 0.546. The summed E-state index contributed by atoms with van der Waals surface area (Å²) in [6, 6.07) is 7.59. The van der Waals surface area contributed by atoms with Crippen LogP contribution in [-0.2, 0) is 9.53 Å². The number of alkyl carbamates (subject to hydrolysis) is 1. The maximum Gasteiger partial charge on any atom is 0.408 e. The van der Waals surface area contributed by atoms with Crippen LogP contribution in [0, 0.1) is 5.41 Å². The molecule has 32 heavy (non-hydrogen) atoms. The first-order chi connectivity index (χ1) is 15.1. The van der Waals surface area contributed by atoms with Gasteiger partial charge in [-0.05, 0) is 23.6 Å². The Morgan fingerprint density at radius 2 is 1.88 bits per heavy atom. The Bertz CT molecular complexity index is 983. The first-order valence-electron chi connectivity index (χ1n) is 10.4. The number of carbonyl (C=O) groups excluding carboxylic acids is 1. The summed E-state index contributed by atoms with van der Waals surface area (Å²) in [5.41, 5.74) is 7.16. The van der Waals surface area contributed by atoms with Crippen molar-refractivity contribution >= 4 is 23.6 Å². The van der Waals surface area contributed by atoms with Crippen molar-refractivity contribution < 1.29 is 24.5 Å². The SMILES string of the molecule is CC(C)(C)C(NC(=O)OC1CCN(c2cc(-c3ccccc3O)nnc2N)CC1)C(=O)O. The maximum atomic E-state index is 12.2. The second-order valence-corrected chi connectivity index (χ2v) is 8.89. The number of benzene rings is 1. The number of para-hydroxylation sites is 1. The number of rotatable bonds is 5. The van der Waals surface area contributed by atoms with Gasteiger partial charge >= 0.3 is 12.1 Å². The number of nitrogens with zero attached hydrogens (tertiary/aromatic N) is 3. The second-order valence-electron chi connectivity index (χ2n) is 8.89. The fraction of sp³-hybridized carbons (Fsp3) is 0.455. The van der Waals surface area contributed by atoms with Crippen LogP contribution in [0.5, 0.6) is 5.75 Å². The summed E-state index contributed by atoms with van der Waals surface area (Å²) in [6.07, 6.45) is 0.0231. The molecule has 0 spiro atoms. The number of nitrogens with one attached hydrogen (secondary N) is 1. The van der Waals surface area contributed by atoms with Crippen LogP contribution in [0.15, 0.2) is 30.3 Å². The Labute approximate surface area is 186 Å². The van der Waals surface area contributed by atoms with E-state index in [1.165, 1.54) is 0 Å². The number of aromatic hydroxyl groups is 1. The van der Waals surface area contributed by atoms with E-state index in [0.717, 1.165) is 0 Å². The predicted octanol–water partition coefficient (Wildman–Crippen LogP) is 2.63. The number of amides is 1. The van der Waals surface area contributed by atoms with Crippen molar-refractivity contribution in [1.82, 2.24) is 15.5 Å². The van der Waals surface area contributed by atoms with Crippen molar-refractivity contribution in [3.63, 3.8) is 0 Å². The molecular formula is C22H29N5O5. The van der Waals surface area contributed by atoms with E-state index in [2.05, 4.69) is 15.5 Å². The molecule has 1 aromatic carbocycles. The molecule has 1 aliphatic rings. The highest BCUT2D eigenvalue weighted by Crippen LogP contribution is 2.32. The largest absolute Gasteiger partial charge is 0.507 e. The van der Waals surface area contributed by atoms with E-state index >= 15 is 0 Å². The van der Waals surface area contributed by atoms with E-state index in [1.54, 1.807) is 51.1 Å². The highest BCUT2D eigenvalue weighted by atomic mass is 16.6. The number of piperidine rings is 1. The lowest BCUT2D eigenvalue weighted by molar-refractivity contribution is -0.142. The van der Waals surface area contributed by atoms with Gasteiger partial charge in [0.15, 0.2) is 5.82 Å². The Kier molecular flexibility index (Phi) is 6.71. The first kappa shape index (κ1) is 23.1. The van der Waals surface area contributed by atoms with Gasteiger partial charge < -0.3 is 30.9 Å². The third-order valence-corrected chi connectivity index (χ3v) is 5.41. The summed E-state index contributed by atoms with van der Waals surface area (Å²) in [5, 5.41) is 30.0. The molecule has 2 heterocycles. The Balaban J connectivity index is 1.62. The minimum atomic E-state index is -1.11. The average molecular weight is 444 g/mol. The zero-order chi connectivity index (χ0) is 23.5. The van der Waals surface area contributed by atoms with Crippen LogP contribution in [0.3, 0.4) is 0 Å². The van der Waals surface area contributed by atoms with E-state index in [1.807, 2.05) is 4.90 Å². The molecule has 5 N–H and O–H groups in total. The molecule has 172 valence electrons. The number of aromatic nitrogens is 2. The number of phenols is 1. The third-order valence-electron chi connectivity index (χ3n) is 5.41. The van der Waals surface area contributed by atoms with E-state index in [4.69, 9.17) is 10.5 Å². The molecule has 3 rings (SSSR count). The minimum Gasteiger partial charge on any atom is -0.507 e. The fourth-order valence-corrected chi connectivity index (χ4v) is 3.63. The van der Waals surface area contributed by atoms with Crippen LogP contribution in [0.4, 0.5) is 16.3 Å². The lowest BCUT2D eigenvalue weighted by Gasteiger charge is -2.34. The monoisotopic (exact) mass is 443 g/mol. The van der Waals surface area contributed by atoms with E-state index in [-0.39, 0.29) is 17.7 Å². The topological polar surface area (TPSA) is 151 Å². The zero-order valence-corrected chi connectivity index (χ0v) is 18.4. The summed E-state index contributed by atoms with van der Waals surface area (Å²) in [6.45, 7) is 6.34. The van der Waals surface area contributed by atoms with Gasteiger partial charge in [0.2, 0.25) is 0 Å². The number of aliphatic carboxylic acids is 1. The molecule has 10 heteroatoms. The number of carboxylic acid groups (broad SMARTS) is 1. The highest BCUT2D eigenvalue weighted by molar-refractivity contribution is 5.80. The standard InChI is InChI=1S/C22H29N5O5/c1-22(2,3)18(20(29)30)24-21(31)32-13-8-10-27(11-9-13)16-12-15(25-26-19(16)23)14-6-4-5-7-17(14)28/h4-7,12-13,18,28H,8-11H2,1-3H3,(H2,23,26)(H,24,31)(H,29,30). The molecule has 1 aliphatic heterocycles. The molecular weight excluding hydrogens is 414 g/mol. The van der Waals surface area contributed by atoms with Crippen LogP contribution < -0.4 is 16.0 Å². The van der Waals surface area contributed by atoms with Gasteiger partial charge in [0.05, 0.1) is 11.4 Å². The highest BCUT2D eigenvalue weighted by Gasteiger charge is 2.34. The smallest absolute Gasteiger partial charge is 0.408 e. The van der Waals surface area contributed by atoms with Crippen LogP contribution in [0.25, 0.3) is 11.3 Å². The number of hydrogen-bond donors (Lipinski definition) is 4. The summed E-state index contributed by atoms with van der Waals surface area (Å²) >= 11 is 0. The molecule has 1 unspecified atom stereocenters. The third kappa shape index (κ3) is 5.37. The summed E-state index contributed by atoms with van der Waals surface area (Å²) in [7, 11) is 0. The van der Waals surface area contributed by atoms with Gasteiger partial charge in [-0.25, -0.2) is 9.59 Å². The Hall–Kier alpha value is -3.56. The lowest BCUT2D eigenvalue weighted by Crippen LogP contribution is -2.50. The molecule has 2 aromatic rings. The van der Waals surface area contributed by atoms with Crippen molar-refractivity contribution in [3.8, 4) is 17.0 Å². The number of anilines is 2. The van der Waals surface area contributed by atoms with Gasteiger partial charge in [0.1, 0.15) is 17.9 Å². The normalized spacial score (nSPS) is 15.8. The Morgan fingerprint density at radius 1 is 1.22 bits per heavy atom. The van der Waals surface area contributed by atoms with E-state index in [9.17, 15) is 19.8 Å². The number of carboxylic acids is 1. The molecule has 0 bridgehead atoms. The fourth-order valence-electron chi connectivity index (χ4n) is 3.63. The van der Waals surface area contributed by atoms with Crippen LogP contribution in [0.1, 0.15) is 33.6 Å². The van der Waals surface area contributed by atoms with Gasteiger partial charge in [-0.15, -0.1) is 10.2 Å².